The van der Waals surface area contributed by atoms with E-state index in [0.717, 1.165) is 25.7 Å². The van der Waals surface area contributed by atoms with Crippen molar-refractivity contribution in [2.45, 2.75) is 43.5 Å². The fraction of sp³-hybridized carbons (Fsp3) is 0.889. The molecule has 1 atom stereocenters. The van der Waals surface area contributed by atoms with E-state index in [0.29, 0.717) is 0 Å². The zero-order valence-corrected chi connectivity index (χ0v) is 8.60. The first kappa shape index (κ1) is 10.8. The molecule has 0 spiro atoms. The summed E-state index contributed by atoms with van der Waals surface area (Å²) in [7, 11) is 0. The van der Waals surface area contributed by atoms with Crippen LogP contribution in [0, 0.1) is 0 Å². The summed E-state index contributed by atoms with van der Waals surface area (Å²) in [5.74, 6) is -0.183. The molecule has 0 aliphatic heterocycles. The molecule has 1 unspecified atom stereocenters. The number of carbonyl (C=O) groups is 1. The number of rotatable bonds is 3. The van der Waals surface area contributed by atoms with E-state index in [1.807, 2.05) is 0 Å². The molecule has 3 nitrogen and oxygen atoms in total. The van der Waals surface area contributed by atoms with Crippen LogP contribution in [0.15, 0.2) is 0 Å². The second-order valence-electron chi connectivity index (χ2n) is 3.75. The summed E-state index contributed by atoms with van der Waals surface area (Å²) in [5.41, 5.74) is -0.389. The van der Waals surface area contributed by atoms with Gasteiger partial charge in [-0.25, -0.2) is 0 Å². The lowest BCUT2D eigenvalue weighted by Crippen LogP contribution is -2.51. The molecule has 1 saturated carbocycles. The molecule has 0 aromatic heterocycles. The van der Waals surface area contributed by atoms with Crippen LogP contribution < -0.4 is 5.32 Å². The number of aliphatic hydroxyl groups is 1. The first-order valence-corrected chi connectivity index (χ1v) is 5.10. The minimum Gasteiger partial charge on any atom is -0.394 e. The van der Waals surface area contributed by atoms with Crippen molar-refractivity contribution in [3.63, 3.8) is 0 Å². The monoisotopic (exact) mass is 205 g/mol. The van der Waals surface area contributed by atoms with Gasteiger partial charge in [0.2, 0.25) is 5.91 Å². The molecule has 4 heteroatoms. The van der Waals surface area contributed by atoms with E-state index < -0.39 is 5.38 Å². The molecule has 0 aromatic rings. The van der Waals surface area contributed by atoms with Crippen LogP contribution in [0.5, 0.6) is 0 Å². The van der Waals surface area contributed by atoms with Crippen LogP contribution in [0.2, 0.25) is 0 Å². The fourth-order valence-electron chi connectivity index (χ4n) is 1.74. The third-order valence-corrected chi connectivity index (χ3v) is 2.81. The molecule has 76 valence electrons. The summed E-state index contributed by atoms with van der Waals surface area (Å²) in [4.78, 5) is 11.3. The maximum Gasteiger partial charge on any atom is 0.238 e. The van der Waals surface area contributed by atoms with Crippen molar-refractivity contribution in [2.75, 3.05) is 6.61 Å². The van der Waals surface area contributed by atoms with Crippen LogP contribution in [0.4, 0.5) is 0 Å². The van der Waals surface area contributed by atoms with E-state index in [4.69, 9.17) is 11.6 Å². The number of hydrogen-bond donors (Lipinski definition) is 2. The third-order valence-electron chi connectivity index (χ3n) is 2.61. The minimum absolute atomic E-state index is 0.0162. The third kappa shape index (κ3) is 2.58. The van der Waals surface area contributed by atoms with Crippen molar-refractivity contribution in [2.24, 2.45) is 0 Å². The number of aliphatic hydroxyl groups excluding tert-OH is 1. The van der Waals surface area contributed by atoms with Gasteiger partial charge in [0.15, 0.2) is 0 Å². The van der Waals surface area contributed by atoms with Gasteiger partial charge in [-0.15, -0.1) is 11.6 Å². The number of nitrogens with one attached hydrogen (secondary N) is 1. The van der Waals surface area contributed by atoms with Crippen LogP contribution in [-0.2, 0) is 4.79 Å². The molecule has 0 saturated heterocycles. The van der Waals surface area contributed by atoms with Crippen LogP contribution in [-0.4, -0.2) is 28.5 Å². The Labute approximate surface area is 83.5 Å². The minimum atomic E-state index is -0.524. The van der Waals surface area contributed by atoms with Crippen molar-refractivity contribution in [3.8, 4) is 0 Å². The van der Waals surface area contributed by atoms with Gasteiger partial charge in [0.05, 0.1) is 12.1 Å². The molecular formula is C9H16ClNO2. The summed E-state index contributed by atoms with van der Waals surface area (Å²) in [6.45, 7) is 1.65. The topological polar surface area (TPSA) is 49.3 Å². The first-order valence-electron chi connectivity index (χ1n) is 4.67. The highest BCUT2D eigenvalue weighted by Crippen LogP contribution is 2.29. The molecule has 13 heavy (non-hydrogen) atoms. The Bertz CT molecular complexity index is 188. The maximum absolute atomic E-state index is 11.3. The number of alkyl halides is 1. The zero-order chi connectivity index (χ0) is 9.90. The second-order valence-corrected chi connectivity index (χ2v) is 4.41. The summed E-state index contributed by atoms with van der Waals surface area (Å²) < 4.78 is 0. The molecule has 1 fully saturated rings. The first-order chi connectivity index (χ1) is 6.09. The molecule has 1 rings (SSSR count). The van der Waals surface area contributed by atoms with Crippen molar-refractivity contribution in [1.82, 2.24) is 5.32 Å². The lowest BCUT2D eigenvalue weighted by atomic mass is 9.99. The molecule has 0 radical (unpaired) electrons. The summed E-state index contributed by atoms with van der Waals surface area (Å²) in [5, 5.41) is 11.5. The molecule has 0 heterocycles. The number of hydrogen-bond acceptors (Lipinski definition) is 2. The van der Waals surface area contributed by atoms with Crippen molar-refractivity contribution >= 4 is 17.5 Å². The predicted octanol–water partition coefficient (Wildman–Crippen LogP) is 1.03. The smallest absolute Gasteiger partial charge is 0.238 e. The average molecular weight is 206 g/mol. The van der Waals surface area contributed by atoms with Crippen LogP contribution in [0.1, 0.15) is 32.6 Å². The normalized spacial score (nSPS) is 22.7. The van der Waals surface area contributed by atoms with E-state index in [1.54, 1.807) is 6.92 Å². The summed E-state index contributed by atoms with van der Waals surface area (Å²) in [6, 6.07) is 0. The Kier molecular flexibility index (Phi) is 3.56. The van der Waals surface area contributed by atoms with E-state index in [1.165, 1.54) is 0 Å². The largest absolute Gasteiger partial charge is 0.394 e. The van der Waals surface area contributed by atoms with Gasteiger partial charge in [-0.2, -0.15) is 0 Å². The van der Waals surface area contributed by atoms with Gasteiger partial charge in [0.1, 0.15) is 5.38 Å². The quantitative estimate of drug-likeness (QED) is 0.677. The second kappa shape index (κ2) is 4.29. The van der Waals surface area contributed by atoms with Gasteiger partial charge in [0, 0.05) is 0 Å². The number of halogens is 1. The van der Waals surface area contributed by atoms with Crippen LogP contribution in [0.25, 0.3) is 0 Å². The van der Waals surface area contributed by atoms with Gasteiger partial charge >= 0.3 is 0 Å². The predicted molar refractivity (Wildman–Crippen MR) is 51.7 cm³/mol. The fourth-order valence-corrected chi connectivity index (χ4v) is 1.79. The maximum atomic E-state index is 11.3. The standard InChI is InChI=1S/C9H16ClNO2/c1-7(10)8(13)11-9(6-12)4-2-3-5-9/h7,12H,2-6H2,1H3,(H,11,13). The molecule has 0 aromatic carbocycles. The van der Waals surface area contributed by atoms with Crippen LogP contribution in [0.3, 0.4) is 0 Å². The van der Waals surface area contributed by atoms with Gasteiger partial charge in [-0.3, -0.25) is 4.79 Å². The highest BCUT2D eigenvalue weighted by atomic mass is 35.5. The van der Waals surface area contributed by atoms with E-state index in [9.17, 15) is 9.90 Å². The Morgan fingerprint density at radius 3 is 2.54 bits per heavy atom. The number of carbonyl (C=O) groups excluding carboxylic acids is 1. The Hall–Kier alpha value is -0.280. The van der Waals surface area contributed by atoms with E-state index >= 15 is 0 Å². The molecule has 0 bridgehead atoms. The van der Waals surface area contributed by atoms with Crippen molar-refractivity contribution in [1.29, 1.82) is 0 Å². The molecule has 1 aliphatic carbocycles. The molecule has 2 N–H and O–H groups in total. The van der Waals surface area contributed by atoms with Crippen molar-refractivity contribution < 1.29 is 9.90 Å². The zero-order valence-electron chi connectivity index (χ0n) is 7.85. The summed E-state index contributed by atoms with van der Waals surface area (Å²) >= 11 is 5.63. The highest BCUT2D eigenvalue weighted by molar-refractivity contribution is 6.30. The number of amides is 1. The van der Waals surface area contributed by atoms with E-state index in [2.05, 4.69) is 5.32 Å². The Morgan fingerprint density at radius 1 is 1.62 bits per heavy atom. The Balaban J connectivity index is 2.53. The lowest BCUT2D eigenvalue weighted by molar-refractivity contribution is -0.122. The van der Waals surface area contributed by atoms with Gasteiger partial charge in [-0.1, -0.05) is 12.8 Å². The van der Waals surface area contributed by atoms with Gasteiger partial charge in [-0.05, 0) is 19.8 Å². The molecule has 1 aliphatic rings. The SMILES string of the molecule is CC(Cl)C(=O)NC1(CO)CCCC1. The summed E-state index contributed by atoms with van der Waals surface area (Å²) in [6.07, 6.45) is 3.85. The van der Waals surface area contributed by atoms with Crippen molar-refractivity contribution in [3.05, 3.63) is 0 Å². The molecular weight excluding hydrogens is 190 g/mol. The highest BCUT2D eigenvalue weighted by Gasteiger charge is 2.35. The van der Waals surface area contributed by atoms with E-state index in [-0.39, 0.29) is 18.1 Å². The van der Waals surface area contributed by atoms with Gasteiger partial charge < -0.3 is 10.4 Å². The lowest BCUT2D eigenvalue weighted by Gasteiger charge is -2.28. The average Bonchev–Trinajstić information content (AvgIpc) is 2.54. The van der Waals surface area contributed by atoms with Crippen LogP contribution >= 0.6 is 11.6 Å². The molecule has 1 amide bonds. The Morgan fingerprint density at radius 2 is 2.15 bits per heavy atom. The van der Waals surface area contributed by atoms with Gasteiger partial charge in [0.25, 0.3) is 0 Å².